The van der Waals surface area contributed by atoms with Crippen LogP contribution in [0.1, 0.15) is 12.8 Å². The van der Waals surface area contributed by atoms with E-state index in [4.69, 9.17) is 4.74 Å². The van der Waals surface area contributed by atoms with Crippen molar-refractivity contribution in [2.24, 2.45) is 0 Å². The summed E-state index contributed by atoms with van der Waals surface area (Å²) >= 11 is 0. The van der Waals surface area contributed by atoms with Crippen molar-refractivity contribution in [1.82, 2.24) is 0 Å². The molecule has 1 aliphatic rings. The number of piperidine rings is 1. The second kappa shape index (κ2) is 7.53. The molecular weight excluding hydrogens is 385 g/mol. The molecule has 1 atom stereocenters. The van der Waals surface area contributed by atoms with Gasteiger partial charge in [0.1, 0.15) is 0 Å². The minimum absolute atomic E-state index is 0.0152. The fourth-order valence-corrected chi connectivity index (χ4v) is 2.65. The first-order valence-electron chi connectivity index (χ1n) is 7.91. The maximum absolute atomic E-state index is 13.3. The van der Waals surface area contributed by atoms with Gasteiger partial charge in [0.15, 0.2) is 0 Å². The molecule has 11 heteroatoms. The molecule has 0 aliphatic carbocycles. The average Bonchev–Trinajstić information content (AvgIpc) is 2.61. The predicted octanol–water partition coefficient (Wildman–Crippen LogP) is 4.07. The lowest BCUT2D eigenvalue weighted by Gasteiger charge is -2.33. The summed E-state index contributed by atoms with van der Waals surface area (Å²) in [5, 5.41) is 1.40. The van der Waals surface area contributed by atoms with Crippen LogP contribution in [0.25, 0.3) is 0 Å². The van der Waals surface area contributed by atoms with Gasteiger partial charge in [-0.3, -0.25) is 4.79 Å². The van der Waals surface area contributed by atoms with E-state index in [2.05, 4.69) is 0 Å². The monoisotopic (exact) mass is 402 g/mol. The number of alkyl halides is 7. The second-order valence-electron chi connectivity index (χ2n) is 6.09. The lowest BCUT2D eigenvalue weighted by molar-refractivity contribution is -0.343. The van der Waals surface area contributed by atoms with Crippen LogP contribution in [-0.4, -0.2) is 50.2 Å². The van der Waals surface area contributed by atoms with E-state index in [0.29, 0.717) is 18.8 Å². The number of amides is 1. The van der Waals surface area contributed by atoms with E-state index in [1.54, 1.807) is 7.11 Å². The number of carbonyl (C=O) groups excluding carboxylic acids is 1. The van der Waals surface area contributed by atoms with Gasteiger partial charge in [-0.1, -0.05) is 0 Å². The van der Waals surface area contributed by atoms with Gasteiger partial charge in [0.05, 0.1) is 6.10 Å². The number of nitrogens with one attached hydrogen (secondary N) is 1. The summed E-state index contributed by atoms with van der Waals surface area (Å²) in [7, 11) is 1.57. The number of hydrogen-bond donors (Lipinski definition) is 1. The zero-order valence-electron chi connectivity index (χ0n) is 14.1. The van der Waals surface area contributed by atoms with Gasteiger partial charge in [-0.05, 0) is 37.1 Å². The molecule has 1 saturated heterocycles. The van der Waals surface area contributed by atoms with Gasteiger partial charge in [-0.15, -0.1) is 0 Å². The van der Waals surface area contributed by atoms with Crippen LogP contribution < -0.4 is 10.2 Å². The van der Waals surface area contributed by atoms with Crippen molar-refractivity contribution < 1.29 is 40.3 Å². The molecule has 0 spiro atoms. The minimum atomic E-state index is -6.57. The fraction of sp³-hybridized carbons (Fsp3) is 0.562. The normalized spacial score (nSPS) is 19.1. The lowest BCUT2D eigenvalue weighted by Crippen LogP contribution is -2.57. The summed E-state index contributed by atoms with van der Waals surface area (Å²) in [6.07, 6.45) is -4.81. The number of benzene rings is 1. The molecule has 1 aromatic rings. The Kier molecular flexibility index (Phi) is 5.93. The van der Waals surface area contributed by atoms with Crippen LogP contribution in [0.5, 0.6) is 0 Å². The molecule has 1 heterocycles. The third-order valence-corrected chi connectivity index (χ3v) is 4.24. The molecule has 0 bridgehead atoms. The standard InChI is InChI=1S/C16H17F7N2O2/c1-27-12-3-2-8-25(9-12)11-6-4-10(5-7-11)24-13(26)14(17,18)15(19,20)16(21,22)23/h4-7,12H,2-3,8-9H2,1H3,(H,24,26). The number of nitrogens with zero attached hydrogens (tertiary/aromatic N) is 1. The maximum atomic E-state index is 13.3. The number of rotatable bonds is 5. The van der Waals surface area contributed by atoms with Gasteiger partial charge in [-0.2, -0.15) is 30.7 Å². The van der Waals surface area contributed by atoms with E-state index < -0.39 is 23.9 Å². The number of carbonyl (C=O) groups is 1. The molecule has 0 aromatic heterocycles. The molecule has 1 fully saturated rings. The molecule has 0 radical (unpaired) electrons. The summed E-state index contributed by atoms with van der Waals surface area (Å²) in [5.74, 6) is -15.2. The molecule has 152 valence electrons. The van der Waals surface area contributed by atoms with Crippen molar-refractivity contribution in [3.63, 3.8) is 0 Å². The molecule has 4 nitrogen and oxygen atoms in total. The van der Waals surface area contributed by atoms with Crippen molar-refractivity contribution in [2.75, 3.05) is 30.4 Å². The number of hydrogen-bond acceptors (Lipinski definition) is 3. The SMILES string of the molecule is COC1CCCN(c2ccc(NC(=O)C(F)(F)C(F)(F)C(F)(F)F)cc2)C1. The summed E-state index contributed by atoms with van der Waals surface area (Å²) in [6, 6.07) is 5.16. The van der Waals surface area contributed by atoms with E-state index >= 15 is 0 Å². The highest BCUT2D eigenvalue weighted by molar-refractivity contribution is 5.97. The highest BCUT2D eigenvalue weighted by atomic mass is 19.4. The summed E-state index contributed by atoms with van der Waals surface area (Å²) in [5.41, 5.74) is 0.337. The smallest absolute Gasteiger partial charge is 0.380 e. The number of halogens is 7. The van der Waals surface area contributed by atoms with E-state index in [1.807, 2.05) is 4.90 Å². The van der Waals surface area contributed by atoms with Crippen molar-refractivity contribution in [3.8, 4) is 0 Å². The minimum Gasteiger partial charge on any atom is -0.380 e. The van der Waals surface area contributed by atoms with Crippen LogP contribution in [0.15, 0.2) is 24.3 Å². The summed E-state index contributed by atoms with van der Waals surface area (Å²) in [6.45, 7) is 1.29. The Hall–Kier alpha value is -2.04. The van der Waals surface area contributed by atoms with E-state index in [9.17, 15) is 35.5 Å². The Morgan fingerprint density at radius 3 is 2.22 bits per heavy atom. The number of ether oxygens (including phenoxy) is 1. The number of anilines is 2. The highest BCUT2D eigenvalue weighted by Crippen LogP contribution is 2.46. The zero-order chi connectivity index (χ0) is 20.5. The van der Waals surface area contributed by atoms with E-state index in [1.165, 1.54) is 17.4 Å². The van der Waals surface area contributed by atoms with E-state index in [0.717, 1.165) is 25.0 Å². The predicted molar refractivity (Wildman–Crippen MR) is 83.3 cm³/mol. The van der Waals surface area contributed by atoms with Gasteiger partial charge in [0.2, 0.25) is 0 Å². The number of methoxy groups -OCH3 is 1. The van der Waals surface area contributed by atoms with Gasteiger partial charge >= 0.3 is 23.9 Å². The van der Waals surface area contributed by atoms with Crippen LogP contribution in [0, 0.1) is 0 Å². The first-order chi connectivity index (χ1) is 12.4. The van der Waals surface area contributed by atoms with Crippen LogP contribution in [0.4, 0.5) is 42.1 Å². The van der Waals surface area contributed by atoms with Gasteiger partial charge < -0.3 is 15.0 Å². The molecule has 0 saturated carbocycles. The van der Waals surface area contributed by atoms with Crippen LogP contribution in [0.3, 0.4) is 0 Å². The Morgan fingerprint density at radius 2 is 1.70 bits per heavy atom. The first-order valence-corrected chi connectivity index (χ1v) is 7.91. The fourth-order valence-electron chi connectivity index (χ4n) is 2.65. The molecule has 1 aliphatic heterocycles. The van der Waals surface area contributed by atoms with E-state index in [-0.39, 0.29) is 11.8 Å². The first kappa shape index (κ1) is 21.3. The molecule has 1 amide bonds. The maximum Gasteiger partial charge on any atom is 0.460 e. The average molecular weight is 402 g/mol. The van der Waals surface area contributed by atoms with Gasteiger partial charge in [0, 0.05) is 31.6 Å². The van der Waals surface area contributed by atoms with Crippen molar-refractivity contribution in [3.05, 3.63) is 24.3 Å². The molecule has 1 unspecified atom stereocenters. The second-order valence-corrected chi connectivity index (χ2v) is 6.09. The molecule has 27 heavy (non-hydrogen) atoms. The van der Waals surface area contributed by atoms with Crippen molar-refractivity contribution in [1.29, 1.82) is 0 Å². The molecular formula is C16H17F7N2O2. The molecule has 2 rings (SSSR count). The van der Waals surface area contributed by atoms with Crippen LogP contribution in [0.2, 0.25) is 0 Å². The van der Waals surface area contributed by atoms with Crippen LogP contribution >= 0.6 is 0 Å². The van der Waals surface area contributed by atoms with Crippen LogP contribution in [-0.2, 0) is 9.53 Å². The quantitative estimate of drug-likeness (QED) is 0.755. The highest BCUT2D eigenvalue weighted by Gasteiger charge is 2.76. The molecule has 1 aromatic carbocycles. The molecule has 1 N–H and O–H groups in total. The third-order valence-electron chi connectivity index (χ3n) is 4.24. The van der Waals surface area contributed by atoms with Crippen molar-refractivity contribution in [2.45, 2.75) is 37.0 Å². The zero-order valence-corrected chi connectivity index (χ0v) is 14.1. The Balaban J connectivity index is 2.09. The third kappa shape index (κ3) is 4.28. The Labute approximate surface area is 150 Å². The lowest BCUT2D eigenvalue weighted by atomic mass is 10.1. The largest absolute Gasteiger partial charge is 0.460 e. The van der Waals surface area contributed by atoms with Gasteiger partial charge in [-0.25, -0.2) is 0 Å². The topological polar surface area (TPSA) is 41.6 Å². The Morgan fingerprint density at radius 1 is 1.11 bits per heavy atom. The van der Waals surface area contributed by atoms with Crippen molar-refractivity contribution >= 4 is 17.3 Å². The Bertz CT molecular complexity index is 662. The van der Waals surface area contributed by atoms with Gasteiger partial charge in [0.25, 0.3) is 0 Å². The summed E-state index contributed by atoms with van der Waals surface area (Å²) < 4.78 is 94.1. The summed E-state index contributed by atoms with van der Waals surface area (Å²) in [4.78, 5) is 13.3.